The van der Waals surface area contributed by atoms with E-state index in [1.807, 2.05) is 79.1 Å². The van der Waals surface area contributed by atoms with Crippen LogP contribution < -0.4 is 31.4 Å². The minimum absolute atomic E-state index is 0.0515. The molecule has 7 N–H and O–H groups in total. The van der Waals surface area contributed by atoms with Crippen LogP contribution in [0.3, 0.4) is 0 Å². The molecule has 2 unspecified atom stereocenters. The third-order valence-electron chi connectivity index (χ3n) is 9.12. The van der Waals surface area contributed by atoms with Crippen molar-refractivity contribution in [2.45, 2.75) is 104 Å². The van der Waals surface area contributed by atoms with Crippen molar-refractivity contribution >= 4 is 17.6 Å². The van der Waals surface area contributed by atoms with Gasteiger partial charge in [-0.1, -0.05) is 71.9 Å². The molecular weight excluding hydrogens is 632 g/mol. The quantitative estimate of drug-likeness (QED) is 0.0606. The number of hydrogen-bond donors (Lipinski definition) is 6. The van der Waals surface area contributed by atoms with Crippen molar-refractivity contribution in [2.24, 2.45) is 5.73 Å². The Morgan fingerprint density at radius 2 is 1.92 bits per heavy atom. The minimum Gasteiger partial charge on any atom is -0.504 e. The number of amides is 2. The SMILES string of the molecule is C/C=C\NCC([NH+]=C(N)CC)[C@@]1(C)[C@H](O)C(NC(=O)c2cccc3c2OCCC3(C)C)CN1C.CC.CC/C=C(/C=C\C=C/OC)C(=O)NC. The molecule has 0 bridgehead atoms. The van der Waals surface area contributed by atoms with Gasteiger partial charge in [0.05, 0.1) is 49.8 Å². The summed E-state index contributed by atoms with van der Waals surface area (Å²) in [4.78, 5) is 30.1. The van der Waals surface area contributed by atoms with E-state index in [1.165, 1.54) is 0 Å². The second-order valence-electron chi connectivity index (χ2n) is 12.8. The van der Waals surface area contributed by atoms with Crippen molar-refractivity contribution in [1.29, 1.82) is 0 Å². The predicted octanol–water partition coefficient (Wildman–Crippen LogP) is 3.06. The number of nitrogens with zero attached hydrogens (tertiary/aromatic N) is 1. The van der Waals surface area contributed by atoms with Crippen LogP contribution >= 0.6 is 0 Å². The average Bonchev–Trinajstić information content (AvgIpc) is 3.32. The van der Waals surface area contributed by atoms with Crippen molar-refractivity contribution in [2.75, 3.05) is 40.9 Å². The van der Waals surface area contributed by atoms with Crippen LogP contribution in [0.4, 0.5) is 0 Å². The lowest BCUT2D eigenvalue weighted by molar-refractivity contribution is -0.522. The molecule has 1 aromatic carbocycles. The molecule has 2 aliphatic heterocycles. The van der Waals surface area contributed by atoms with E-state index in [-0.39, 0.29) is 23.3 Å². The van der Waals surface area contributed by atoms with Gasteiger partial charge in [-0.15, -0.1) is 0 Å². The average molecular weight is 698 g/mol. The summed E-state index contributed by atoms with van der Waals surface area (Å²) in [6.07, 6.45) is 14.1. The number of rotatable bonds is 13. The summed E-state index contributed by atoms with van der Waals surface area (Å²) in [6.45, 7) is 17.9. The molecule has 2 amide bonds. The smallest absolute Gasteiger partial charge is 0.255 e. The lowest BCUT2D eigenvalue weighted by Gasteiger charge is -2.39. The van der Waals surface area contributed by atoms with Crippen molar-refractivity contribution in [3.8, 4) is 5.75 Å². The van der Waals surface area contributed by atoms with Gasteiger partial charge in [-0.05, 0) is 63.6 Å². The van der Waals surface area contributed by atoms with E-state index in [0.29, 0.717) is 48.8 Å². The van der Waals surface area contributed by atoms with E-state index in [0.717, 1.165) is 18.4 Å². The van der Waals surface area contributed by atoms with Gasteiger partial charge in [-0.3, -0.25) is 25.2 Å². The largest absolute Gasteiger partial charge is 0.504 e. The normalized spacial score (nSPS) is 22.5. The first-order valence-corrected chi connectivity index (χ1v) is 17.8. The Hall–Kier alpha value is -4.09. The summed E-state index contributed by atoms with van der Waals surface area (Å²) in [5.41, 5.74) is 7.66. The fourth-order valence-electron chi connectivity index (χ4n) is 5.93. The summed E-state index contributed by atoms with van der Waals surface area (Å²) in [6, 6.07) is 5.11. The summed E-state index contributed by atoms with van der Waals surface area (Å²) < 4.78 is 10.7. The monoisotopic (exact) mass is 698 g/mol. The van der Waals surface area contributed by atoms with E-state index in [9.17, 15) is 14.7 Å². The fourth-order valence-corrected chi connectivity index (χ4v) is 5.93. The third kappa shape index (κ3) is 11.8. The molecule has 4 atom stereocenters. The Bertz CT molecular complexity index is 1370. The Balaban J connectivity index is 0.000000658. The molecule has 1 saturated heterocycles. The van der Waals surface area contributed by atoms with Gasteiger partial charge >= 0.3 is 0 Å². The van der Waals surface area contributed by atoms with Gasteiger partial charge in [0.1, 0.15) is 11.8 Å². The molecular formula is C39H65N6O5+. The van der Waals surface area contributed by atoms with Crippen molar-refractivity contribution in [3.63, 3.8) is 0 Å². The molecule has 280 valence electrons. The molecule has 11 heteroatoms. The zero-order valence-electron chi connectivity index (χ0n) is 32.4. The van der Waals surface area contributed by atoms with Gasteiger partial charge in [-0.25, -0.2) is 0 Å². The van der Waals surface area contributed by atoms with Crippen LogP contribution in [0.25, 0.3) is 0 Å². The van der Waals surface area contributed by atoms with Crippen molar-refractivity contribution < 1.29 is 29.2 Å². The molecule has 2 heterocycles. The minimum atomic E-state index is -0.812. The number of methoxy groups -OCH3 is 1. The molecule has 11 nitrogen and oxygen atoms in total. The highest BCUT2D eigenvalue weighted by atomic mass is 16.5. The molecule has 0 radical (unpaired) electrons. The number of aliphatic hydroxyl groups excluding tert-OH is 1. The number of likely N-dealkylation sites (N-methyl/N-ethyl adjacent to an activating group) is 2. The number of amidine groups is 1. The van der Waals surface area contributed by atoms with Gasteiger partial charge in [-0.2, -0.15) is 0 Å². The number of fused-ring (bicyclic) bond motifs is 1. The maximum absolute atomic E-state index is 13.4. The lowest BCUT2D eigenvalue weighted by Crippen LogP contribution is -2.90. The highest BCUT2D eigenvalue weighted by molar-refractivity contribution is 5.98. The van der Waals surface area contributed by atoms with Crippen LogP contribution in [-0.4, -0.2) is 92.3 Å². The molecule has 0 saturated carbocycles. The maximum Gasteiger partial charge on any atom is 0.255 e. The van der Waals surface area contributed by atoms with Crippen LogP contribution in [0.5, 0.6) is 5.75 Å². The van der Waals surface area contributed by atoms with Gasteiger partial charge in [0.2, 0.25) is 5.84 Å². The fraction of sp³-hybridized carbons (Fsp3) is 0.564. The Morgan fingerprint density at radius 1 is 1.22 bits per heavy atom. The number of nitrogens with one attached hydrogen (secondary N) is 4. The number of carbonyl (C=O) groups excluding carboxylic acids is 2. The molecule has 50 heavy (non-hydrogen) atoms. The summed E-state index contributed by atoms with van der Waals surface area (Å²) >= 11 is 0. The van der Waals surface area contributed by atoms with E-state index in [1.54, 1.807) is 44.7 Å². The number of nitrogens with two attached hydrogens (primary N) is 1. The second kappa shape index (κ2) is 21.9. The summed E-state index contributed by atoms with van der Waals surface area (Å²) in [7, 11) is 5.16. The lowest BCUT2D eigenvalue weighted by atomic mass is 9.79. The third-order valence-corrected chi connectivity index (χ3v) is 9.12. The van der Waals surface area contributed by atoms with Crippen LogP contribution in [0.15, 0.2) is 66.6 Å². The Kier molecular flexibility index (Phi) is 19.2. The second-order valence-corrected chi connectivity index (χ2v) is 12.8. The van der Waals surface area contributed by atoms with Gasteiger partial charge < -0.3 is 30.5 Å². The first-order valence-electron chi connectivity index (χ1n) is 17.8. The molecule has 0 aromatic heterocycles. The first kappa shape index (κ1) is 43.9. The van der Waals surface area contributed by atoms with Crippen molar-refractivity contribution in [1.82, 2.24) is 20.9 Å². The Morgan fingerprint density at radius 3 is 2.52 bits per heavy atom. The number of hydrogen-bond acceptors (Lipinski definition) is 7. The van der Waals surface area contributed by atoms with E-state index in [4.69, 9.17) is 15.2 Å². The molecule has 1 aromatic rings. The van der Waals surface area contributed by atoms with Crippen LogP contribution in [0.2, 0.25) is 0 Å². The highest BCUT2D eigenvalue weighted by Crippen LogP contribution is 2.40. The number of likely N-dealkylation sites (tertiary alicyclic amines) is 1. The van der Waals surface area contributed by atoms with Crippen molar-refractivity contribution in [3.05, 3.63) is 77.7 Å². The number of allylic oxidation sites excluding steroid dienone is 4. The number of ether oxygens (including phenoxy) is 2. The van der Waals surface area contributed by atoms with E-state index in [2.05, 4.69) is 39.7 Å². The van der Waals surface area contributed by atoms with E-state index >= 15 is 0 Å². The molecule has 0 spiro atoms. The first-order chi connectivity index (χ1) is 23.8. The summed E-state index contributed by atoms with van der Waals surface area (Å²) in [5, 5.41) is 20.4. The Labute approximate surface area is 301 Å². The number of aliphatic hydroxyl groups is 1. The molecule has 2 aliphatic rings. The zero-order chi connectivity index (χ0) is 37.9. The van der Waals surface area contributed by atoms with E-state index < -0.39 is 17.7 Å². The topological polar surface area (TPSA) is 152 Å². The number of benzene rings is 1. The van der Waals surface area contributed by atoms with Crippen LogP contribution in [-0.2, 0) is 14.9 Å². The number of carbonyl (C=O) groups is 2. The molecule has 1 fully saturated rings. The standard InChI is InChI=1S/C26H41N5O3.C11H17NO2.C2H6/c1-7-13-28-15-20(30-21(27)8-2)26(5)23(32)19(16-31(26)6)29-24(33)17-10-9-11-18-22(17)34-14-12-25(18,3)4;1-4-7-10(11(13)12-2)8-5-6-9-14-3;1-2/h7,9-11,13,19-20,23,28,32H,8,12,14-16H2,1-6H3,(H2,27,30)(H,29,33);5-9H,4H2,1-3H3,(H,12,13);1-2H3/p+1/b13-7-;8-5-,9-6-,10-7-;/t19?,20?,23-,26+;;/m1../s1. The molecule has 3 rings (SSSR count). The van der Waals surface area contributed by atoms with Gasteiger partial charge in [0, 0.05) is 31.1 Å². The van der Waals surface area contributed by atoms with Gasteiger partial charge in [0.15, 0.2) is 0 Å². The highest BCUT2D eigenvalue weighted by Gasteiger charge is 2.54. The molecule has 0 aliphatic carbocycles. The summed E-state index contributed by atoms with van der Waals surface area (Å²) in [5.74, 6) is 1.01. The van der Waals surface area contributed by atoms with Crippen LogP contribution in [0.1, 0.15) is 90.6 Å². The van der Waals surface area contributed by atoms with Crippen LogP contribution in [0, 0.1) is 0 Å². The predicted molar refractivity (Wildman–Crippen MR) is 204 cm³/mol. The zero-order valence-corrected chi connectivity index (χ0v) is 32.4. The van der Waals surface area contributed by atoms with Gasteiger partial charge in [0.25, 0.3) is 11.8 Å². The number of para-hydroxylation sites is 1. The maximum atomic E-state index is 13.4.